The van der Waals surface area contributed by atoms with Crippen molar-refractivity contribution >= 4 is 33.1 Å². The van der Waals surface area contributed by atoms with Crippen molar-refractivity contribution in [2.24, 2.45) is 0 Å². The fourth-order valence-electron chi connectivity index (χ4n) is 1.43. The molecule has 0 saturated heterocycles. The van der Waals surface area contributed by atoms with Gasteiger partial charge in [-0.3, -0.25) is 0 Å². The van der Waals surface area contributed by atoms with Gasteiger partial charge in [0, 0.05) is 19.8 Å². The number of carboxylic acid groups (broad SMARTS) is 2. The van der Waals surface area contributed by atoms with Gasteiger partial charge in [-0.05, 0) is 6.08 Å². The fraction of sp³-hybridized carbons (Fsp3) is 0.733. The van der Waals surface area contributed by atoms with Crippen LogP contribution in [0.15, 0.2) is 11.6 Å². The summed E-state index contributed by atoms with van der Waals surface area (Å²) in [6, 6.07) is 0. The fourth-order valence-corrected chi connectivity index (χ4v) is 5.59. The molecule has 0 N–H and O–H groups in total. The number of carboxylic acids is 2. The van der Waals surface area contributed by atoms with Crippen LogP contribution in [0.1, 0.15) is 39.5 Å². The Bertz CT molecular complexity index is 320. The molecule has 0 aromatic carbocycles. The summed E-state index contributed by atoms with van der Waals surface area (Å²) < 4.78 is 12.3. The summed E-state index contributed by atoms with van der Waals surface area (Å²) in [6.45, 7) is 4.58. The smallest absolute Gasteiger partial charge is 0.184 e. The summed E-state index contributed by atoms with van der Waals surface area (Å²) >= 11 is 0.149. The number of carbonyl (C=O) groups is 2. The molecule has 0 spiro atoms. The van der Waals surface area contributed by atoms with Crippen LogP contribution >= 0.6 is 0 Å². The third-order valence-electron chi connectivity index (χ3n) is 2.61. The van der Waals surface area contributed by atoms with Gasteiger partial charge >= 0.3 is 69.5 Å². The first kappa shape index (κ1) is 23.7. The summed E-state index contributed by atoms with van der Waals surface area (Å²) in [5.74, 6) is -3.34. The molecule has 0 rings (SSSR count). The molecule has 0 amide bonds. The number of unbranched alkanes of at least 4 members (excludes halogenated alkanes) is 2. The van der Waals surface area contributed by atoms with E-state index >= 15 is 0 Å². The van der Waals surface area contributed by atoms with E-state index in [1.165, 1.54) is 39.9 Å². The second-order valence-electron chi connectivity index (χ2n) is 4.47. The number of hydrogen-bond donors (Lipinski definition) is 0. The number of methoxy groups -OCH3 is 2. The summed E-state index contributed by atoms with van der Waals surface area (Å²) in [5, 5.41) is 20.4. The molecular weight excluding hydrogens is 395 g/mol. The molecular formula is C15H26O6Sn. The minimum atomic E-state index is -1.68. The van der Waals surface area contributed by atoms with E-state index in [0.717, 1.165) is 0 Å². The first-order valence-corrected chi connectivity index (χ1v) is 11.4. The maximum absolute atomic E-state index is 10.4. The molecule has 0 fully saturated rings. The predicted octanol–water partition coefficient (Wildman–Crippen LogP) is 0.159. The zero-order valence-electron chi connectivity index (χ0n) is 13.8. The van der Waals surface area contributed by atoms with Crippen LogP contribution in [0.25, 0.3) is 0 Å². The van der Waals surface area contributed by atoms with Crippen molar-refractivity contribution in [3.05, 3.63) is 11.6 Å². The molecule has 0 radical (unpaired) electrons. The van der Waals surface area contributed by atoms with Crippen LogP contribution in [-0.2, 0) is 19.1 Å². The molecule has 0 aromatic heterocycles. The van der Waals surface area contributed by atoms with Gasteiger partial charge in [0.05, 0.1) is 11.9 Å². The van der Waals surface area contributed by atoms with Crippen molar-refractivity contribution < 1.29 is 29.3 Å². The Morgan fingerprint density at radius 1 is 1.05 bits per heavy atom. The molecule has 126 valence electrons. The monoisotopic (exact) mass is 422 g/mol. The largest absolute Gasteiger partial charge is 0.545 e. The van der Waals surface area contributed by atoms with Crippen LogP contribution in [0.2, 0.25) is 8.87 Å². The SMILES string of the molecule is CCC[CH2][Sn+2][CH2]CCC.COC(OC)C(=CC(=O)[O-])C(=O)[O-]. The van der Waals surface area contributed by atoms with Crippen molar-refractivity contribution in [3.8, 4) is 0 Å². The van der Waals surface area contributed by atoms with E-state index < -0.39 is 23.8 Å². The van der Waals surface area contributed by atoms with Crippen LogP contribution in [0.4, 0.5) is 0 Å². The molecule has 0 heterocycles. The molecule has 0 aromatic rings. The minimum absolute atomic E-state index is 0.149. The van der Waals surface area contributed by atoms with E-state index in [9.17, 15) is 19.8 Å². The van der Waals surface area contributed by atoms with Crippen LogP contribution < -0.4 is 10.2 Å². The van der Waals surface area contributed by atoms with Crippen molar-refractivity contribution in [1.29, 1.82) is 0 Å². The maximum atomic E-state index is 10.4. The van der Waals surface area contributed by atoms with Crippen molar-refractivity contribution in [3.63, 3.8) is 0 Å². The third kappa shape index (κ3) is 14.3. The zero-order chi connectivity index (χ0) is 17.4. The second kappa shape index (κ2) is 16.8. The van der Waals surface area contributed by atoms with Crippen LogP contribution in [0, 0.1) is 0 Å². The number of carbonyl (C=O) groups excluding carboxylic acids is 2. The normalized spacial score (nSPS) is 10.7. The van der Waals surface area contributed by atoms with Gasteiger partial charge < -0.3 is 29.3 Å². The molecule has 0 aliphatic heterocycles. The number of rotatable bonds is 11. The Morgan fingerprint density at radius 3 is 1.77 bits per heavy atom. The van der Waals surface area contributed by atoms with Crippen LogP contribution in [-0.4, -0.2) is 53.6 Å². The molecule has 6 nitrogen and oxygen atoms in total. The molecule has 0 unspecified atom stereocenters. The van der Waals surface area contributed by atoms with Gasteiger partial charge in [0.25, 0.3) is 0 Å². The predicted molar refractivity (Wildman–Crippen MR) is 81.1 cm³/mol. The van der Waals surface area contributed by atoms with Gasteiger partial charge in [0.15, 0.2) is 6.29 Å². The number of aliphatic carboxylic acids is 2. The summed E-state index contributed by atoms with van der Waals surface area (Å²) in [7, 11) is 2.33. The van der Waals surface area contributed by atoms with E-state index in [4.69, 9.17) is 0 Å². The molecule has 7 heteroatoms. The standard InChI is InChI=1S/C7H10O6.2C4H9.Sn/c1-12-7(13-2)4(6(10)11)3-5(8)9;2*1-3-4-2;/h3,7H,1-2H3,(H,8,9)(H,10,11);2*1,3-4H2,2H3;/q;;;+2/p-2. The Kier molecular flexibility index (Phi) is 18.0. The Hall–Kier alpha value is -0.601. The molecule has 0 aliphatic rings. The molecule has 0 saturated carbocycles. The first-order chi connectivity index (χ1) is 10.4. The Balaban J connectivity index is 0. The summed E-state index contributed by atoms with van der Waals surface area (Å²) in [4.78, 5) is 20.4. The maximum Gasteiger partial charge on any atom is 0.184 e. The van der Waals surface area contributed by atoms with Gasteiger partial charge in [0.2, 0.25) is 0 Å². The van der Waals surface area contributed by atoms with Crippen molar-refractivity contribution in [1.82, 2.24) is 0 Å². The van der Waals surface area contributed by atoms with E-state index in [2.05, 4.69) is 23.3 Å². The van der Waals surface area contributed by atoms with Gasteiger partial charge in [-0.2, -0.15) is 0 Å². The average Bonchev–Trinajstić information content (AvgIpc) is 2.47. The number of hydrogen-bond acceptors (Lipinski definition) is 6. The van der Waals surface area contributed by atoms with Crippen molar-refractivity contribution in [2.75, 3.05) is 14.2 Å². The molecule has 0 bridgehead atoms. The van der Waals surface area contributed by atoms with Gasteiger partial charge in [-0.15, -0.1) is 0 Å². The average molecular weight is 421 g/mol. The molecule has 0 aliphatic carbocycles. The first-order valence-electron chi connectivity index (χ1n) is 7.34. The summed E-state index contributed by atoms with van der Waals surface area (Å²) in [5.41, 5.74) is -0.634. The van der Waals surface area contributed by atoms with Gasteiger partial charge in [-0.1, -0.05) is 0 Å². The van der Waals surface area contributed by atoms with Crippen LogP contribution in [0.5, 0.6) is 0 Å². The van der Waals surface area contributed by atoms with E-state index in [-0.39, 0.29) is 21.1 Å². The van der Waals surface area contributed by atoms with E-state index in [1.54, 1.807) is 8.87 Å². The van der Waals surface area contributed by atoms with E-state index in [1.807, 2.05) is 0 Å². The molecule has 0 atom stereocenters. The topological polar surface area (TPSA) is 98.7 Å². The molecule has 22 heavy (non-hydrogen) atoms. The van der Waals surface area contributed by atoms with Gasteiger partial charge in [0.1, 0.15) is 0 Å². The Labute approximate surface area is 143 Å². The second-order valence-corrected chi connectivity index (χ2v) is 8.75. The van der Waals surface area contributed by atoms with Gasteiger partial charge in [-0.25, -0.2) is 0 Å². The quantitative estimate of drug-likeness (QED) is 0.204. The summed E-state index contributed by atoms with van der Waals surface area (Å²) in [6.07, 6.45) is 4.92. The Morgan fingerprint density at radius 2 is 1.50 bits per heavy atom. The third-order valence-corrected chi connectivity index (χ3v) is 6.64. The van der Waals surface area contributed by atoms with E-state index in [0.29, 0.717) is 6.08 Å². The van der Waals surface area contributed by atoms with Crippen molar-refractivity contribution in [2.45, 2.75) is 54.7 Å². The minimum Gasteiger partial charge on any atom is -0.545 e. The zero-order valence-corrected chi connectivity index (χ0v) is 16.7. The van der Waals surface area contributed by atoms with Crippen LogP contribution in [0.3, 0.4) is 0 Å². The number of ether oxygens (including phenoxy) is 2.